The van der Waals surface area contributed by atoms with E-state index in [1.54, 1.807) is 67.5 Å². The lowest BCUT2D eigenvalue weighted by Crippen LogP contribution is -2.64. The number of allylic oxidation sites excluding steroid dienone is 2. The highest BCUT2D eigenvalue weighted by atomic mass is 16.5. The zero-order valence-electron chi connectivity index (χ0n) is 62.0. The number of carbonyl (C=O) groups excluding carboxylic acids is 13. The van der Waals surface area contributed by atoms with Crippen molar-refractivity contribution in [3.8, 4) is 0 Å². The van der Waals surface area contributed by atoms with Crippen molar-refractivity contribution in [1.82, 2.24) is 60.5 Å². The topological polar surface area (TPSA) is 331 Å². The number of nitrogens with two attached hydrogens (primary N) is 1. The maximum Gasteiger partial charge on any atom is 0.326 e. The summed E-state index contributed by atoms with van der Waals surface area (Å²) in [4.78, 5) is 199. The molecule has 95 heavy (non-hydrogen) atoms. The molecule has 0 aromatic heterocycles. The van der Waals surface area contributed by atoms with Crippen molar-refractivity contribution >= 4 is 76.9 Å². The van der Waals surface area contributed by atoms with Gasteiger partial charge in [0, 0.05) is 55.9 Å². The predicted molar refractivity (Wildman–Crippen MR) is 364 cm³/mol. The van der Waals surface area contributed by atoms with E-state index in [1.807, 2.05) is 55.4 Å². The van der Waals surface area contributed by atoms with Gasteiger partial charge in [0.25, 0.3) is 0 Å². The van der Waals surface area contributed by atoms with Gasteiger partial charge in [-0.2, -0.15) is 0 Å². The molecule has 0 saturated carbocycles. The third-order valence-electron chi connectivity index (χ3n) is 17.5. The summed E-state index contributed by atoms with van der Waals surface area (Å²) in [5.74, 6) is -12.1. The molecular formula is C68H121N13O14. The van der Waals surface area contributed by atoms with E-state index in [9.17, 15) is 43.2 Å². The molecule has 27 nitrogen and oxygen atoms in total. The standard InChI is InChI=1S/C68H121N13O14/c1-26-29-30-44(16)58(95-54(84)37-81(28-3)52(82)35-69)57-62(88)72-47(27-2)64(90)74(19)36-53(83)75(20)48(31-38(4)5)61(87)73-55(42(12)13)67(93)76(21)49(32-39(6)7)60(86)70-45(17)59(85)71-46(18)63(89)77(22)50(33-40(8)9)65(91)78(23)51(34-41(10)11)66(92)79(24)56(43(14)15)68(94)80(57)25/h26,29,38-51,55-58H,27-28,30-37,69H2,1-25H3,(H,70,86)(H,71,85)(H,72,88)(H,73,87)/b29-26+/t44-,45+,46+,47+,48+,49+,50+,51+,55+,56+,57+,58-/m1/s1. The molecule has 542 valence electrons. The monoisotopic (exact) mass is 1340 g/mol. The Morgan fingerprint density at radius 2 is 0.968 bits per heavy atom. The van der Waals surface area contributed by atoms with Gasteiger partial charge in [-0.25, -0.2) is 0 Å². The van der Waals surface area contributed by atoms with Crippen LogP contribution in [0.15, 0.2) is 12.2 Å². The van der Waals surface area contributed by atoms with Crippen molar-refractivity contribution in [2.45, 2.75) is 230 Å². The molecule has 0 unspecified atom stereocenters. The van der Waals surface area contributed by atoms with Gasteiger partial charge < -0.3 is 70.9 Å². The van der Waals surface area contributed by atoms with E-state index < -0.39 is 181 Å². The molecule has 0 aliphatic carbocycles. The zero-order chi connectivity index (χ0) is 73.5. The molecule has 1 saturated heterocycles. The van der Waals surface area contributed by atoms with Gasteiger partial charge in [-0.3, -0.25) is 62.3 Å². The second-order valence-electron chi connectivity index (χ2n) is 28.2. The number of nitrogens with zero attached hydrogens (tertiary/aromatic N) is 8. The molecule has 6 N–H and O–H groups in total. The normalized spacial score (nSPS) is 25.2. The summed E-state index contributed by atoms with van der Waals surface area (Å²) in [6, 6.07) is -13.0. The molecule has 1 rings (SSSR count). The Bertz CT molecular complexity index is 2670. The van der Waals surface area contributed by atoms with Gasteiger partial charge >= 0.3 is 5.97 Å². The summed E-state index contributed by atoms with van der Waals surface area (Å²) in [6.07, 6.45) is 2.63. The van der Waals surface area contributed by atoms with Gasteiger partial charge in [0.2, 0.25) is 70.9 Å². The van der Waals surface area contributed by atoms with Crippen molar-refractivity contribution < 1.29 is 67.1 Å². The molecule has 0 aromatic rings. The molecule has 0 spiro atoms. The molecule has 0 bridgehead atoms. The number of rotatable bonds is 20. The van der Waals surface area contributed by atoms with Crippen molar-refractivity contribution in [3.63, 3.8) is 0 Å². The van der Waals surface area contributed by atoms with Gasteiger partial charge in [-0.1, -0.05) is 109 Å². The molecule has 0 radical (unpaired) electrons. The lowest BCUT2D eigenvalue weighted by atomic mass is 9.91. The fourth-order valence-electron chi connectivity index (χ4n) is 11.7. The van der Waals surface area contributed by atoms with Gasteiger partial charge in [0.15, 0.2) is 0 Å². The van der Waals surface area contributed by atoms with E-state index in [4.69, 9.17) is 10.5 Å². The molecule has 1 aliphatic heterocycles. The molecule has 12 amide bonds. The Morgan fingerprint density at radius 3 is 1.42 bits per heavy atom. The van der Waals surface area contributed by atoms with Crippen molar-refractivity contribution in [2.75, 3.05) is 75.5 Å². The van der Waals surface area contributed by atoms with E-state index in [2.05, 4.69) is 21.3 Å². The highest BCUT2D eigenvalue weighted by molar-refractivity contribution is 6.00. The lowest BCUT2D eigenvalue weighted by Gasteiger charge is -2.42. The summed E-state index contributed by atoms with van der Waals surface area (Å²) in [6.45, 7) is 29.6. The van der Waals surface area contributed by atoms with Crippen LogP contribution in [0.3, 0.4) is 0 Å². The van der Waals surface area contributed by atoms with Gasteiger partial charge in [0.05, 0.1) is 13.1 Å². The van der Waals surface area contributed by atoms with Gasteiger partial charge in [-0.15, -0.1) is 0 Å². The fraction of sp³-hybridized carbons (Fsp3) is 0.779. The number of carbonyl (C=O) groups is 13. The van der Waals surface area contributed by atoms with Crippen molar-refractivity contribution in [3.05, 3.63) is 12.2 Å². The largest absolute Gasteiger partial charge is 0.458 e. The number of amides is 12. The number of nitrogens with one attached hydrogen (secondary N) is 4. The first kappa shape index (κ1) is 85.8. The molecule has 0 aromatic carbocycles. The summed E-state index contributed by atoms with van der Waals surface area (Å²) in [5.41, 5.74) is 5.69. The van der Waals surface area contributed by atoms with Crippen LogP contribution in [-0.2, 0) is 67.1 Å². The molecule has 1 aliphatic rings. The number of likely N-dealkylation sites (N-methyl/N-ethyl adjacent to an activating group) is 8. The van der Waals surface area contributed by atoms with Crippen molar-refractivity contribution in [1.29, 1.82) is 0 Å². The summed E-state index contributed by atoms with van der Waals surface area (Å²) < 4.78 is 6.22. The number of hydrogen-bond acceptors (Lipinski definition) is 15. The van der Waals surface area contributed by atoms with Crippen LogP contribution in [0.25, 0.3) is 0 Å². The number of esters is 1. The minimum absolute atomic E-state index is 0.0595. The highest BCUT2D eigenvalue weighted by Gasteiger charge is 2.47. The van der Waals surface area contributed by atoms with Crippen LogP contribution in [-0.4, -0.2) is 258 Å². The Balaban J connectivity index is 4.57. The third-order valence-corrected chi connectivity index (χ3v) is 17.5. The van der Waals surface area contributed by atoms with E-state index in [1.165, 1.54) is 92.6 Å². The minimum atomic E-state index is -1.75. The van der Waals surface area contributed by atoms with Crippen LogP contribution >= 0.6 is 0 Å². The average Bonchev–Trinajstić information content (AvgIpc) is 0.913. The number of hydrogen-bond donors (Lipinski definition) is 5. The molecular weight excluding hydrogens is 1220 g/mol. The molecule has 1 heterocycles. The maximum atomic E-state index is 15.7. The van der Waals surface area contributed by atoms with E-state index in [-0.39, 0.29) is 68.7 Å². The molecule has 1 fully saturated rings. The first-order valence-electron chi connectivity index (χ1n) is 33.8. The van der Waals surface area contributed by atoms with E-state index in [0.29, 0.717) is 0 Å². The second-order valence-corrected chi connectivity index (χ2v) is 28.2. The smallest absolute Gasteiger partial charge is 0.326 e. The maximum absolute atomic E-state index is 15.7. The van der Waals surface area contributed by atoms with Crippen LogP contribution in [0.1, 0.15) is 163 Å². The second kappa shape index (κ2) is 39.8. The van der Waals surface area contributed by atoms with Gasteiger partial charge in [-0.05, 0) is 108 Å². The van der Waals surface area contributed by atoms with Crippen LogP contribution in [0.4, 0.5) is 0 Å². The van der Waals surface area contributed by atoms with E-state index >= 15 is 19.2 Å². The van der Waals surface area contributed by atoms with Gasteiger partial charge in [0.1, 0.15) is 73.1 Å². The van der Waals surface area contributed by atoms with Crippen LogP contribution in [0.2, 0.25) is 0 Å². The Labute approximate surface area is 566 Å². The summed E-state index contributed by atoms with van der Waals surface area (Å²) >= 11 is 0. The molecule has 27 heteroatoms. The highest BCUT2D eigenvalue weighted by Crippen LogP contribution is 2.27. The predicted octanol–water partition coefficient (Wildman–Crippen LogP) is 2.63. The van der Waals surface area contributed by atoms with E-state index in [0.717, 1.165) is 9.80 Å². The third kappa shape index (κ3) is 24.8. The minimum Gasteiger partial charge on any atom is -0.458 e. The SMILES string of the molecule is C/C=C/C[C@@H](C)[C@@H](OC(=O)CN(CC)C(=O)CN)[C@H]1C(=O)N[C@@H](CC)C(=O)N(C)CC(=O)N(C)[C@@H](CC(C)C)C(=O)N[C@@H](C(C)C)C(=O)N(C)[C@@H](CC(C)C)C(=O)N[C@@H](C)C(=O)N[C@@H](C)C(=O)N(C)[C@@H](CC(C)C)C(=O)N(C)[C@@H](CC(C)C)C(=O)N(C)[C@@H](C(C)C)C(=O)N1C. The van der Waals surface area contributed by atoms with Crippen LogP contribution < -0.4 is 27.0 Å². The van der Waals surface area contributed by atoms with Crippen LogP contribution in [0, 0.1) is 41.4 Å². The first-order chi connectivity index (χ1) is 44.0. The number of ether oxygens (including phenoxy) is 1. The average molecular weight is 1340 g/mol. The quantitative estimate of drug-likeness (QED) is 0.0864. The Hall–Kier alpha value is -7.19. The Kier molecular flexibility index (Phi) is 35.9. The summed E-state index contributed by atoms with van der Waals surface area (Å²) in [7, 11) is 9.74. The molecule has 12 atom stereocenters. The lowest BCUT2D eigenvalue weighted by molar-refractivity contribution is -0.167. The van der Waals surface area contributed by atoms with Crippen molar-refractivity contribution in [2.24, 2.45) is 47.2 Å². The first-order valence-corrected chi connectivity index (χ1v) is 33.8. The fourth-order valence-corrected chi connectivity index (χ4v) is 11.7. The zero-order valence-corrected chi connectivity index (χ0v) is 62.0. The Morgan fingerprint density at radius 1 is 0.526 bits per heavy atom. The van der Waals surface area contributed by atoms with Crippen LogP contribution in [0.5, 0.6) is 0 Å². The summed E-state index contributed by atoms with van der Waals surface area (Å²) in [5, 5.41) is 11.0.